The van der Waals surface area contributed by atoms with E-state index in [-0.39, 0.29) is 0 Å². The molecule has 9 heteroatoms. The minimum atomic E-state index is -1.50. The molecule has 3 aromatic rings. The Hall–Kier alpha value is -3.72. The van der Waals surface area contributed by atoms with Gasteiger partial charge < -0.3 is 14.6 Å². The van der Waals surface area contributed by atoms with Crippen LogP contribution in [0.4, 0.5) is 0 Å². The first-order valence-corrected chi connectivity index (χ1v) is 8.42. The molecule has 3 rings (SSSR count). The second kappa shape index (κ2) is 7.89. The molecule has 1 unspecified atom stereocenters. The molecule has 2 aromatic heterocycles. The molecular formula is C19H19N5O4. The van der Waals surface area contributed by atoms with Gasteiger partial charge in [-0.05, 0) is 35.4 Å². The van der Waals surface area contributed by atoms with Crippen molar-refractivity contribution in [1.82, 2.24) is 25.1 Å². The van der Waals surface area contributed by atoms with E-state index >= 15 is 0 Å². The van der Waals surface area contributed by atoms with Crippen LogP contribution in [0.25, 0.3) is 16.8 Å². The van der Waals surface area contributed by atoms with Gasteiger partial charge in [0.25, 0.3) is 17.7 Å². The number of hydroxylamine groups is 1. The van der Waals surface area contributed by atoms with Crippen LogP contribution in [0.1, 0.15) is 10.4 Å². The SMILES string of the molecule is CNC(=O)C(C(=O)NO)N(C)C(=O)c1ccc(-c2ccn3ccnc3c2)cc1. The number of aromatic nitrogens is 2. The Balaban J connectivity index is 1.84. The lowest BCUT2D eigenvalue weighted by atomic mass is 10.0. The number of hydrogen-bond acceptors (Lipinski definition) is 5. The fourth-order valence-corrected chi connectivity index (χ4v) is 2.88. The van der Waals surface area contributed by atoms with Gasteiger partial charge in [0.15, 0.2) is 6.04 Å². The summed E-state index contributed by atoms with van der Waals surface area (Å²) < 4.78 is 1.89. The highest BCUT2D eigenvalue weighted by Gasteiger charge is 2.33. The Morgan fingerprint density at radius 3 is 2.43 bits per heavy atom. The number of benzene rings is 1. The molecule has 0 bridgehead atoms. The number of imidazole rings is 1. The molecule has 0 saturated carbocycles. The highest BCUT2D eigenvalue weighted by atomic mass is 16.5. The highest BCUT2D eigenvalue weighted by Crippen LogP contribution is 2.21. The Morgan fingerprint density at radius 2 is 1.79 bits per heavy atom. The van der Waals surface area contributed by atoms with Crippen molar-refractivity contribution in [2.45, 2.75) is 6.04 Å². The highest BCUT2D eigenvalue weighted by molar-refractivity contribution is 6.08. The van der Waals surface area contributed by atoms with Crippen LogP contribution in [-0.2, 0) is 9.59 Å². The standard InChI is InChI=1S/C19H19N5O4/c1-20-17(25)16(18(26)22-28)23(2)19(27)13-5-3-12(4-6-13)14-7-9-24-10-8-21-15(24)11-14/h3-11,16,28H,1-2H3,(H,20,25)(H,22,26). The van der Waals surface area contributed by atoms with E-state index < -0.39 is 23.8 Å². The van der Waals surface area contributed by atoms with Gasteiger partial charge in [-0.2, -0.15) is 0 Å². The van der Waals surface area contributed by atoms with E-state index in [0.29, 0.717) is 5.56 Å². The lowest BCUT2D eigenvalue weighted by Crippen LogP contribution is -2.54. The largest absolute Gasteiger partial charge is 0.357 e. The van der Waals surface area contributed by atoms with Gasteiger partial charge in [-0.15, -0.1) is 0 Å². The molecule has 9 nitrogen and oxygen atoms in total. The maximum atomic E-state index is 12.7. The molecule has 0 radical (unpaired) electrons. The Morgan fingerprint density at radius 1 is 1.07 bits per heavy atom. The van der Waals surface area contributed by atoms with Crippen LogP contribution in [-0.4, -0.2) is 57.4 Å². The molecule has 144 valence electrons. The van der Waals surface area contributed by atoms with Crippen LogP contribution in [0.5, 0.6) is 0 Å². The first-order valence-electron chi connectivity index (χ1n) is 8.42. The number of likely N-dealkylation sites (N-methyl/N-ethyl adjacent to an activating group) is 2. The summed E-state index contributed by atoms with van der Waals surface area (Å²) in [5, 5.41) is 11.1. The van der Waals surface area contributed by atoms with E-state index in [4.69, 9.17) is 5.21 Å². The van der Waals surface area contributed by atoms with Crippen LogP contribution < -0.4 is 10.8 Å². The first kappa shape index (κ1) is 19.1. The Kier molecular flexibility index (Phi) is 5.37. The molecule has 0 fully saturated rings. The summed E-state index contributed by atoms with van der Waals surface area (Å²) in [7, 11) is 2.65. The molecule has 1 atom stereocenters. The summed E-state index contributed by atoms with van der Waals surface area (Å²) in [6, 6.07) is 9.14. The molecule has 0 aliphatic rings. The zero-order valence-electron chi connectivity index (χ0n) is 15.3. The van der Waals surface area contributed by atoms with E-state index in [1.54, 1.807) is 30.5 Å². The third-order valence-corrected chi connectivity index (χ3v) is 4.42. The average Bonchev–Trinajstić information content (AvgIpc) is 3.20. The predicted octanol–water partition coefficient (Wildman–Crippen LogP) is 0.693. The molecule has 2 heterocycles. The maximum absolute atomic E-state index is 12.7. The average molecular weight is 381 g/mol. The summed E-state index contributed by atoms with van der Waals surface area (Å²) in [5.41, 5.74) is 4.34. The van der Waals surface area contributed by atoms with Crippen molar-refractivity contribution in [2.24, 2.45) is 0 Å². The third-order valence-electron chi connectivity index (χ3n) is 4.42. The van der Waals surface area contributed by atoms with Crippen molar-refractivity contribution in [1.29, 1.82) is 0 Å². The molecule has 0 saturated heterocycles. The van der Waals surface area contributed by atoms with Crippen LogP contribution >= 0.6 is 0 Å². The van der Waals surface area contributed by atoms with Crippen molar-refractivity contribution in [3.8, 4) is 11.1 Å². The van der Waals surface area contributed by atoms with Crippen LogP contribution in [0.15, 0.2) is 55.0 Å². The van der Waals surface area contributed by atoms with Crippen LogP contribution in [0, 0.1) is 0 Å². The van der Waals surface area contributed by atoms with E-state index in [2.05, 4.69) is 10.3 Å². The quantitative estimate of drug-likeness (QED) is 0.342. The monoisotopic (exact) mass is 381 g/mol. The summed E-state index contributed by atoms with van der Waals surface area (Å²) in [4.78, 5) is 41.6. The number of carbonyl (C=O) groups excluding carboxylic acids is 3. The smallest absolute Gasteiger partial charge is 0.275 e. The number of nitrogens with zero attached hydrogens (tertiary/aromatic N) is 3. The molecular weight excluding hydrogens is 362 g/mol. The minimum Gasteiger partial charge on any atom is -0.357 e. The molecule has 0 aliphatic carbocycles. The van der Waals surface area contributed by atoms with E-state index in [0.717, 1.165) is 21.7 Å². The topological polar surface area (TPSA) is 116 Å². The second-order valence-electron chi connectivity index (χ2n) is 6.09. The van der Waals surface area contributed by atoms with Gasteiger partial charge in [-0.3, -0.25) is 19.6 Å². The molecule has 28 heavy (non-hydrogen) atoms. The second-order valence-corrected chi connectivity index (χ2v) is 6.09. The van der Waals surface area contributed by atoms with Crippen molar-refractivity contribution >= 4 is 23.4 Å². The lowest BCUT2D eigenvalue weighted by Gasteiger charge is -2.25. The summed E-state index contributed by atoms with van der Waals surface area (Å²) >= 11 is 0. The lowest BCUT2D eigenvalue weighted by molar-refractivity contribution is -0.140. The number of amides is 3. The predicted molar refractivity (Wildman–Crippen MR) is 101 cm³/mol. The van der Waals surface area contributed by atoms with Gasteiger partial charge in [0.2, 0.25) is 0 Å². The Labute approximate surface area is 160 Å². The van der Waals surface area contributed by atoms with E-state index in [1.165, 1.54) is 19.6 Å². The summed E-state index contributed by atoms with van der Waals surface area (Å²) in [6.07, 6.45) is 5.45. The van der Waals surface area contributed by atoms with Crippen molar-refractivity contribution in [2.75, 3.05) is 14.1 Å². The van der Waals surface area contributed by atoms with Crippen molar-refractivity contribution < 1.29 is 19.6 Å². The van der Waals surface area contributed by atoms with E-state index in [1.807, 2.05) is 28.9 Å². The van der Waals surface area contributed by atoms with Crippen molar-refractivity contribution in [3.63, 3.8) is 0 Å². The van der Waals surface area contributed by atoms with Crippen LogP contribution in [0.2, 0.25) is 0 Å². The fraction of sp³-hybridized carbons (Fsp3) is 0.158. The number of pyridine rings is 1. The number of fused-ring (bicyclic) bond motifs is 1. The van der Waals surface area contributed by atoms with Gasteiger partial charge >= 0.3 is 0 Å². The van der Waals surface area contributed by atoms with Gasteiger partial charge in [-0.1, -0.05) is 12.1 Å². The van der Waals surface area contributed by atoms with Gasteiger partial charge in [0.1, 0.15) is 5.65 Å². The zero-order valence-corrected chi connectivity index (χ0v) is 15.3. The molecule has 0 aliphatic heterocycles. The summed E-state index contributed by atoms with van der Waals surface area (Å²) in [6.45, 7) is 0. The Bertz CT molecular complexity index is 1010. The number of hydrogen-bond donors (Lipinski definition) is 3. The van der Waals surface area contributed by atoms with Gasteiger partial charge in [-0.25, -0.2) is 10.5 Å². The fourth-order valence-electron chi connectivity index (χ4n) is 2.88. The number of rotatable bonds is 5. The van der Waals surface area contributed by atoms with Crippen molar-refractivity contribution in [3.05, 3.63) is 60.6 Å². The zero-order chi connectivity index (χ0) is 20.3. The minimum absolute atomic E-state index is 0.299. The molecule has 3 N–H and O–H groups in total. The number of nitrogens with one attached hydrogen (secondary N) is 2. The molecule has 3 amide bonds. The first-order chi connectivity index (χ1) is 13.5. The molecule has 1 aromatic carbocycles. The van der Waals surface area contributed by atoms with Crippen LogP contribution in [0.3, 0.4) is 0 Å². The maximum Gasteiger partial charge on any atom is 0.275 e. The van der Waals surface area contributed by atoms with E-state index in [9.17, 15) is 14.4 Å². The summed E-state index contributed by atoms with van der Waals surface area (Å²) in [5.74, 6) is -2.25. The third kappa shape index (κ3) is 3.55. The molecule has 0 spiro atoms. The van der Waals surface area contributed by atoms with Gasteiger partial charge in [0, 0.05) is 38.2 Å². The number of carbonyl (C=O) groups is 3. The van der Waals surface area contributed by atoms with Gasteiger partial charge in [0.05, 0.1) is 0 Å². The normalized spacial score (nSPS) is 11.7.